The van der Waals surface area contributed by atoms with Crippen LogP contribution in [0.1, 0.15) is 32.9 Å². The van der Waals surface area contributed by atoms with Gasteiger partial charge in [0.1, 0.15) is 17.1 Å². The number of benzene rings is 2. The highest BCUT2D eigenvalue weighted by atomic mass is 16.6. The largest absolute Gasteiger partial charge is 0.497 e. The van der Waals surface area contributed by atoms with Crippen LogP contribution in [0.4, 0.5) is 5.69 Å². The molecule has 0 saturated carbocycles. The number of rotatable bonds is 7. The van der Waals surface area contributed by atoms with Crippen molar-refractivity contribution in [1.82, 2.24) is 19.6 Å². The first kappa shape index (κ1) is 23.4. The molecule has 178 valence electrons. The lowest BCUT2D eigenvalue weighted by Crippen LogP contribution is -2.48. The van der Waals surface area contributed by atoms with Gasteiger partial charge >= 0.3 is 5.69 Å². The molecule has 0 radical (unpaired) electrons. The molecule has 3 aromatic rings. The average Bonchev–Trinajstić information content (AvgIpc) is 3.12. The van der Waals surface area contributed by atoms with Crippen LogP contribution >= 0.6 is 0 Å². The van der Waals surface area contributed by atoms with E-state index in [9.17, 15) is 14.9 Å². The van der Waals surface area contributed by atoms with Gasteiger partial charge in [0, 0.05) is 38.3 Å². The molecule has 34 heavy (non-hydrogen) atoms. The molecule has 0 N–H and O–H groups in total. The molecule has 4 rings (SSSR count). The fraction of sp³-hybridized carbons (Fsp3) is 0.360. The minimum Gasteiger partial charge on any atom is -0.497 e. The van der Waals surface area contributed by atoms with Crippen molar-refractivity contribution < 1.29 is 14.5 Å². The molecule has 9 heteroatoms. The lowest BCUT2D eigenvalue weighted by atomic mass is 10.1. The van der Waals surface area contributed by atoms with Gasteiger partial charge in [-0.15, -0.1) is 0 Å². The Kier molecular flexibility index (Phi) is 6.93. The van der Waals surface area contributed by atoms with Gasteiger partial charge in [0.2, 0.25) is 0 Å². The van der Waals surface area contributed by atoms with Gasteiger partial charge in [0.05, 0.1) is 18.6 Å². The Balaban J connectivity index is 1.38. The van der Waals surface area contributed by atoms with Crippen LogP contribution in [0.15, 0.2) is 48.5 Å². The van der Waals surface area contributed by atoms with Crippen molar-refractivity contribution in [2.45, 2.75) is 26.9 Å². The molecule has 0 unspecified atom stereocenters. The van der Waals surface area contributed by atoms with Gasteiger partial charge in [0.15, 0.2) is 0 Å². The molecule has 0 atom stereocenters. The summed E-state index contributed by atoms with van der Waals surface area (Å²) in [5.41, 5.74) is 3.63. The van der Waals surface area contributed by atoms with Crippen LogP contribution in [-0.4, -0.2) is 63.7 Å². The van der Waals surface area contributed by atoms with Crippen LogP contribution in [0.2, 0.25) is 0 Å². The molecule has 1 fully saturated rings. The maximum Gasteiger partial charge on any atom is 0.312 e. The zero-order valence-electron chi connectivity index (χ0n) is 19.7. The fourth-order valence-electron chi connectivity index (χ4n) is 4.40. The van der Waals surface area contributed by atoms with E-state index >= 15 is 0 Å². The molecule has 2 heterocycles. The first-order valence-corrected chi connectivity index (χ1v) is 11.3. The number of amides is 1. The Bertz CT molecular complexity index is 1200. The summed E-state index contributed by atoms with van der Waals surface area (Å²) in [6, 6.07) is 15.5. The van der Waals surface area contributed by atoms with Crippen molar-refractivity contribution in [3.63, 3.8) is 0 Å². The monoisotopic (exact) mass is 463 g/mol. The van der Waals surface area contributed by atoms with E-state index in [0.717, 1.165) is 30.9 Å². The lowest BCUT2D eigenvalue weighted by Gasteiger charge is -2.35. The van der Waals surface area contributed by atoms with Crippen molar-refractivity contribution in [1.29, 1.82) is 0 Å². The third-order valence-corrected chi connectivity index (χ3v) is 6.23. The zero-order valence-corrected chi connectivity index (χ0v) is 19.7. The summed E-state index contributed by atoms with van der Waals surface area (Å²) in [6.07, 6.45) is 0. The highest BCUT2D eigenvalue weighted by Gasteiger charge is 2.24. The number of hydrogen-bond acceptors (Lipinski definition) is 6. The van der Waals surface area contributed by atoms with Gasteiger partial charge in [-0.25, -0.2) is 0 Å². The molecule has 1 amide bonds. The summed E-state index contributed by atoms with van der Waals surface area (Å²) in [5.74, 6) is 0.850. The molecule has 1 aromatic heterocycles. The number of carbonyl (C=O) groups is 1. The van der Waals surface area contributed by atoms with Crippen LogP contribution in [-0.2, 0) is 13.1 Å². The van der Waals surface area contributed by atoms with Gasteiger partial charge in [0.25, 0.3) is 5.91 Å². The smallest absolute Gasteiger partial charge is 0.312 e. The molecule has 1 saturated heterocycles. The van der Waals surface area contributed by atoms with Crippen LogP contribution in [0, 0.1) is 24.0 Å². The maximum absolute atomic E-state index is 13.1. The standard InChI is InChI=1S/C25H29N5O4/c1-18-24(30(32)33)19(2)29(26-18)17-20-6-4-8-22(14-20)25(31)28-12-10-27(11-13-28)16-21-7-5-9-23(15-21)34-3/h4-9,14-15H,10-13,16-17H2,1-3H3. The summed E-state index contributed by atoms with van der Waals surface area (Å²) in [6.45, 7) is 7.45. The van der Waals surface area contributed by atoms with Crippen molar-refractivity contribution in [3.05, 3.63) is 86.7 Å². The number of ether oxygens (including phenoxy) is 1. The fourth-order valence-corrected chi connectivity index (χ4v) is 4.40. The van der Waals surface area contributed by atoms with E-state index in [1.807, 2.05) is 47.4 Å². The van der Waals surface area contributed by atoms with Crippen LogP contribution in [0.3, 0.4) is 0 Å². The lowest BCUT2D eigenvalue weighted by molar-refractivity contribution is -0.386. The van der Waals surface area contributed by atoms with E-state index in [-0.39, 0.29) is 11.6 Å². The van der Waals surface area contributed by atoms with Gasteiger partial charge in [-0.3, -0.25) is 24.5 Å². The van der Waals surface area contributed by atoms with Crippen LogP contribution in [0.25, 0.3) is 0 Å². The average molecular weight is 464 g/mol. The predicted molar refractivity (Wildman–Crippen MR) is 128 cm³/mol. The molecular formula is C25H29N5O4. The van der Waals surface area contributed by atoms with Gasteiger partial charge < -0.3 is 9.64 Å². The summed E-state index contributed by atoms with van der Waals surface area (Å²) in [5, 5.41) is 15.6. The number of piperazine rings is 1. The quantitative estimate of drug-likeness (QED) is 0.394. The normalized spacial score (nSPS) is 14.3. The molecule has 9 nitrogen and oxygen atoms in total. The Labute approximate surface area is 198 Å². The van der Waals surface area contributed by atoms with E-state index in [1.54, 1.807) is 25.6 Å². The number of carbonyl (C=O) groups excluding carboxylic acids is 1. The second-order valence-corrected chi connectivity index (χ2v) is 8.55. The van der Waals surface area contributed by atoms with Gasteiger partial charge in [-0.05, 0) is 49.2 Å². The summed E-state index contributed by atoms with van der Waals surface area (Å²) in [4.78, 5) is 28.2. The van der Waals surface area contributed by atoms with E-state index in [0.29, 0.717) is 36.6 Å². The highest BCUT2D eigenvalue weighted by Crippen LogP contribution is 2.23. The minimum absolute atomic E-state index is 0.00206. The van der Waals surface area contributed by atoms with E-state index in [2.05, 4.69) is 16.1 Å². The molecular weight excluding hydrogens is 434 g/mol. The third-order valence-electron chi connectivity index (χ3n) is 6.23. The van der Waals surface area contributed by atoms with Crippen LogP contribution < -0.4 is 4.74 Å². The Morgan fingerprint density at radius 2 is 1.71 bits per heavy atom. The predicted octanol–water partition coefficient (Wildman–Crippen LogP) is 3.42. The molecule has 0 spiro atoms. The van der Waals surface area contributed by atoms with Crippen molar-refractivity contribution in [2.75, 3.05) is 33.3 Å². The van der Waals surface area contributed by atoms with Crippen molar-refractivity contribution >= 4 is 11.6 Å². The van der Waals surface area contributed by atoms with E-state index < -0.39 is 4.92 Å². The number of hydrogen-bond donors (Lipinski definition) is 0. The molecule has 1 aliphatic heterocycles. The maximum atomic E-state index is 13.1. The highest BCUT2D eigenvalue weighted by molar-refractivity contribution is 5.94. The zero-order chi connectivity index (χ0) is 24.2. The Hall–Kier alpha value is -3.72. The number of aromatic nitrogens is 2. The molecule has 0 bridgehead atoms. The number of methoxy groups -OCH3 is 1. The van der Waals surface area contributed by atoms with Crippen LogP contribution in [0.5, 0.6) is 5.75 Å². The molecule has 1 aliphatic rings. The number of nitrogens with zero attached hydrogens (tertiary/aromatic N) is 5. The topological polar surface area (TPSA) is 93.7 Å². The first-order valence-electron chi connectivity index (χ1n) is 11.3. The molecule has 2 aromatic carbocycles. The Morgan fingerprint density at radius 3 is 2.35 bits per heavy atom. The summed E-state index contributed by atoms with van der Waals surface area (Å²) in [7, 11) is 1.67. The SMILES string of the molecule is COc1cccc(CN2CCN(C(=O)c3cccc(Cn4nc(C)c([N+](=O)[O-])c4C)c3)CC2)c1. The second-order valence-electron chi connectivity index (χ2n) is 8.55. The molecule has 0 aliphatic carbocycles. The van der Waals surface area contributed by atoms with E-state index in [4.69, 9.17) is 4.74 Å². The minimum atomic E-state index is -0.401. The third kappa shape index (κ3) is 5.09. The first-order chi connectivity index (χ1) is 16.4. The van der Waals surface area contributed by atoms with Gasteiger partial charge in [-0.2, -0.15) is 5.10 Å². The summed E-state index contributed by atoms with van der Waals surface area (Å²) < 4.78 is 6.93. The van der Waals surface area contributed by atoms with E-state index in [1.165, 1.54) is 5.56 Å². The van der Waals surface area contributed by atoms with Crippen molar-refractivity contribution in [2.24, 2.45) is 0 Å². The number of aryl methyl sites for hydroxylation is 1. The van der Waals surface area contributed by atoms with Gasteiger partial charge in [-0.1, -0.05) is 24.3 Å². The second kappa shape index (κ2) is 10.0. The Morgan fingerprint density at radius 1 is 1.03 bits per heavy atom. The van der Waals surface area contributed by atoms with Crippen molar-refractivity contribution in [3.8, 4) is 5.75 Å². The summed E-state index contributed by atoms with van der Waals surface area (Å²) >= 11 is 0. The number of nitro groups is 1.